The van der Waals surface area contributed by atoms with Crippen LogP contribution >= 0.6 is 24.8 Å². The maximum Gasteiger partial charge on any atom is 0.212 e. The van der Waals surface area contributed by atoms with Gasteiger partial charge in [-0.25, -0.2) is 13.8 Å². The SMILES string of the molecule is Cl.Cl.Fc1cnc(N2CCNCC2)n2cnnc12. The molecule has 0 radical (unpaired) electrons. The number of hydrogen-bond donors (Lipinski definition) is 1. The van der Waals surface area contributed by atoms with Crippen molar-refractivity contribution in [2.75, 3.05) is 31.1 Å². The fourth-order valence-corrected chi connectivity index (χ4v) is 1.88. The summed E-state index contributed by atoms with van der Waals surface area (Å²) < 4.78 is 14.9. The number of hydrogen-bond acceptors (Lipinski definition) is 5. The third-order valence-corrected chi connectivity index (χ3v) is 2.67. The van der Waals surface area contributed by atoms with Crippen LogP contribution in [-0.4, -0.2) is 45.8 Å². The number of aromatic nitrogens is 4. The van der Waals surface area contributed by atoms with Gasteiger partial charge in [0.05, 0.1) is 6.20 Å². The molecular formula is C9H13Cl2FN6. The highest BCUT2D eigenvalue weighted by Crippen LogP contribution is 2.15. The van der Waals surface area contributed by atoms with E-state index in [4.69, 9.17) is 0 Å². The van der Waals surface area contributed by atoms with Gasteiger partial charge in [0.15, 0.2) is 5.82 Å². The lowest BCUT2D eigenvalue weighted by atomic mass is 10.4. The number of rotatable bonds is 1. The summed E-state index contributed by atoms with van der Waals surface area (Å²) in [5.74, 6) is 0.249. The van der Waals surface area contributed by atoms with Gasteiger partial charge < -0.3 is 10.2 Å². The van der Waals surface area contributed by atoms with E-state index >= 15 is 0 Å². The second-order valence-electron chi connectivity index (χ2n) is 3.67. The number of nitrogens with zero attached hydrogens (tertiary/aromatic N) is 5. The molecule has 0 bridgehead atoms. The van der Waals surface area contributed by atoms with Crippen molar-refractivity contribution >= 4 is 36.4 Å². The lowest BCUT2D eigenvalue weighted by molar-refractivity contribution is 0.571. The average molecular weight is 295 g/mol. The number of piperazine rings is 1. The first-order valence-electron chi connectivity index (χ1n) is 5.16. The number of nitrogens with one attached hydrogen (secondary N) is 1. The van der Waals surface area contributed by atoms with Crippen molar-refractivity contribution < 1.29 is 4.39 Å². The zero-order valence-electron chi connectivity index (χ0n) is 9.41. The van der Waals surface area contributed by atoms with Crippen LogP contribution in [0.3, 0.4) is 0 Å². The highest BCUT2D eigenvalue weighted by Gasteiger charge is 2.16. The maximum absolute atomic E-state index is 13.4. The second kappa shape index (κ2) is 6.12. The molecule has 0 atom stereocenters. The third kappa shape index (κ3) is 2.47. The van der Waals surface area contributed by atoms with Crippen LogP contribution in [0.25, 0.3) is 5.65 Å². The van der Waals surface area contributed by atoms with Crippen LogP contribution in [0.15, 0.2) is 12.5 Å². The van der Waals surface area contributed by atoms with Crippen molar-refractivity contribution in [3.05, 3.63) is 18.3 Å². The monoisotopic (exact) mass is 294 g/mol. The van der Waals surface area contributed by atoms with Crippen molar-refractivity contribution in [3.63, 3.8) is 0 Å². The molecule has 1 saturated heterocycles. The van der Waals surface area contributed by atoms with E-state index in [1.807, 2.05) is 0 Å². The van der Waals surface area contributed by atoms with Gasteiger partial charge in [0.2, 0.25) is 11.6 Å². The first-order chi connectivity index (χ1) is 7.86. The van der Waals surface area contributed by atoms with E-state index in [9.17, 15) is 4.39 Å². The van der Waals surface area contributed by atoms with Gasteiger partial charge in [-0.05, 0) is 0 Å². The number of anilines is 1. The van der Waals surface area contributed by atoms with E-state index in [-0.39, 0.29) is 30.5 Å². The highest BCUT2D eigenvalue weighted by atomic mass is 35.5. The van der Waals surface area contributed by atoms with Crippen LogP contribution in [0, 0.1) is 5.82 Å². The molecule has 0 aliphatic carbocycles. The van der Waals surface area contributed by atoms with Gasteiger partial charge in [-0.1, -0.05) is 0 Å². The van der Waals surface area contributed by atoms with E-state index in [0.29, 0.717) is 5.95 Å². The van der Waals surface area contributed by atoms with Gasteiger partial charge >= 0.3 is 0 Å². The summed E-state index contributed by atoms with van der Waals surface area (Å²) in [4.78, 5) is 6.20. The van der Waals surface area contributed by atoms with Crippen LogP contribution in [0.4, 0.5) is 10.3 Å². The highest BCUT2D eigenvalue weighted by molar-refractivity contribution is 5.85. The standard InChI is InChI=1S/C9H11FN6.2ClH/c10-7-5-12-9(15-3-1-11-2-4-15)16-6-13-14-8(7)16;;/h5-6,11H,1-4H2;2*1H. The first kappa shape index (κ1) is 14.9. The molecule has 0 spiro atoms. The summed E-state index contributed by atoms with van der Waals surface area (Å²) in [5.41, 5.74) is 0.225. The molecule has 6 nitrogen and oxygen atoms in total. The van der Waals surface area contributed by atoms with Crippen molar-refractivity contribution in [1.82, 2.24) is 24.9 Å². The molecule has 0 amide bonds. The molecule has 3 rings (SSSR count). The molecule has 1 fully saturated rings. The summed E-state index contributed by atoms with van der Waals surface area (Å²) in [7, 11) is 0. The molecule has 1 aliphatic rings. The fourth-order valence-electron chi connectivity index (χ4n) is 1.88. The first-order valence-corrected chi connectivity index (χ1v) is 5.16. The summed E-state index contributed by atoms with van der Waals surface area (Å²) in [6.45, 7) is 3.52. The minimum Gasteiger partial charge on any atom is -0.339 e. The van der Waals surface area contributed by atoms with Gasteiger partial charge in [0, 0.05) is 26.2 Å². The Kier molecular flexibility index (Phi) is 5.06. The van der Waals surface area contributed by atoms with E-state index in [1.165, 1.54) is 12.5 Å². The summed E-state index contributed by atoms with van der Waals surface area (Å²) in [6, 6.07) is 0. The van der Waals surface area contributed by atoms with Gasteiger partial charge in [0.25, 0.3) is 0 Å². The molecule has 0 saturated carbocycles. The molecule has 2 aromatic rings. The number of fused-ring (bicyclic) bond motifs is 1. The Morgan fingerprint density at radius 2 is 1.94 bits per heavy atom. The van der Waals surface area contributed by atoms with Crippen LogP contribution in [0.1, 0.15) is 0 Å². The smallest absolute Gasteiger partial charge is 0.212 e. The summed E-state index contributed by atoms with van der Waals surface area (Å²) >= 11 is 0. The van der Waals surface area contributed by atoms with E-state index in [2.05, 4.69) is 25.4 Å². The average Bonchev–Trinajstić information content (AvgIpc) is 2.81. The molecule has 100 valence electrons. The quantitative estimate of drug-likeness (QED) is 0.831. The molecule has 2 aromatic heterocycles. The van der Waals surface area contributed by atoms with Crippen LogP contribution in [0.5, 0.6) is 0 Å². The minimum absolute atomic E-state index is 0. The Hall–Kier alpha value is -1.18. The molecule has 3 heterocycles. The zero-order chi connectivity index (χ0) is 11.0. The predicted octanol–water partition coefficient (Wildman–Crippen LogP) is 0.517. The third-order valence-electron chi connectivity index (χ3n) is 2.67. The molecule has 18 heavy (non-hydrogen) atoms. The van der Waals surface area contributed by atoms with Crippen LogP contribution in [0.2, 0.25) is 0 Å². The molecule has 0 aromatic carbocycles. The van der Waals surface area contributed by atoms with E-state index in [1.54, 1.807) is 4.40 Å². The minimum atomic E-state index is -0.448. The molecule has 9 heteroatoms. The van der Waals surface area contributed by atoms with Crippen molar-refractivity contribution in [2.45, 2.75) is 0 Å². The summed E-state index contributed by atoms with van der Waals surface area (Å²) in [5, 5.41) is 10.7. The molecule has 1 N–H and O–H groups in total. The lowest BCUT2D eigenvalue weighted by Crippen LogP contribution is -2.44. The topological polar surface area (TPSA) is 58.4 Å². The van der Waals surface area contributed by atoms with Crippen LogP contribution < -0.4 is 10.2 Å². The Morgan fingerprint density at radius 1 is 1.22 bits per heavy atom. The zero-order valence-corrected chi connectivity index (χ0v) is 11.0. The summed E-state index contributed by atoms with van der Waals surface area (Å²) in [6.07, 6.45) is 2.68. The Morgan fingerprint density at radius 3 is 2.67 bits per heavy atom. The Balaban J connectivity index is 0.000000810. The lowest BCUT2D eigenvalue weighted by Gasteiger charge is -2.28. The van der Waals surface area contributed by atoms with Gasteiger partial charge in [-0.2, -0.15) is 0 Å². The van der Waals surface area contributed by atoms with E-state index in [0.717, 1.165) is 26.2 Å². The van der Waals surface area contributed by atoms with Gasteiger partial charge in [-0.15, -0.1) is 35.0 Å². The van der Waals surface area contributed by atoms with E-state index < -0.39 is 5.82 Å². The molecule has 1 aliphatic heterocycles. The number of halogens is 3. The Bertz CT molecular complexity index is 513. The van der Waals surface area contributed by atoms with Gasteiger partial charge in [0.1, 0.15) is 6.33 Å². The normalized spacial score (nSPS) is 15.1. The second-order valence-corrected chi connectivity index (χ2v) is 3.67. The van der Waals surface area contributed by atoms with Crippen molar-refractivity contribution in [3.8, 4) is 0 Å². The van der Waals surface area contributed by atoms with Crippen LogP contribution in [-0.2, 0) is 0 Å². The molecular weight excluding hydrogens is 282 g/mol. The van der Waals surface area contributed by atoms with Crippen molar-refractivity contribution in [1.29, 1.82) is 0 Å². The fraction of sp³-hybridized carbons (Fsp3) is 0.444. The maximum atomic E-state index is 13.4. The Labute approximate surface area is 115 Å². The van der Waals surface area contributed by atoms with Gasteiger partial charge in [-0.3, -0.25) is 0 Å². The largest absolute Gasteiger partial charge is 0.339 e. The van der Waals surface area contributed by atoms with Crippen molar-refractivity contribution in [2.24, 2.45) is 0 Å². The molecule has 0 unspecified atom stereocenters. The predicted molar refractivity (Wildman–Crippen MR) is 70.3 cm³/mol.